The molecule has 0 radical (unpaired) electrons. The van der Waals surface area contributed by atoms with E-state index in [1.807, 2.05) is 6.92 Å². The second kappa shape index (κ2) is 5.70. The molecule has 2 heterocycles. The summed E-state index contributed by atoms with van der Waals surface area (Å²) in [5, 5.41) is 3.56. The van der Waals surface area contributed by atoms with Crippen molar-refractivity contribution in [2.45, 2.75) is 44.7 Å². The van der Waals surface area contributed by atoms with Crippen LogP contribution in [0.3, 0.4) is 0 Å². The van der Waals surface area contributed by atoms with E-state index in [2.05, 4.69) is 15.2 Å². The summed E-state index contributed by atoms with van der Waals surface area (Å²) in [4.78, 5) is 18.9. The van der Waals surface area contributed by atoms with Crippen LogP contribution in [0.15, 0.2) is 12.3 Å². The fourth-order valence-corrected chi connectivity index (χ4v) is 3.10. The number of nitrogens with one attached hydrogen (secondary N) is 1. The van der Waals surface area contributed by atoms with Gasteiger partial charge < -0.3 is 10.2 Å². The number of hydrogen-bond donors (Lipinski definition) is 1. The quantitative estimate of drug-likeness (QED) is 0.931. The summed E-state index contributed by atoms with van der Waals surface area (Å²) >= 11 is 6.11. The van der Waals surface area contributed by atoms with Crippen molar-refractivity contribution in [2.24, 2.45) is 0 Å². The molecular formula is C15H20ClN3O. The van der Waals surface area contributed by atoms with E-state index in [0.717, 1.165) is 37.7 Å². The normalized spacial score (nSPS) is 20.9. The number of hydrogen-bond acceptors (Lipinski definition) is 3. The third-order valence-corrected chi connectivity index (χ3v) is 4.48. The maximum Gasteiger partial charge on any atom is 0.254 e. The van der Waals surface area contributed by atoms with Gasteiger partial charge in [0.2, 0.25) is 0 Å². The SMILES string of the molecule is Cc1cc(Cl)c(C(=O)NC2CCN(C3CC3)CC2)cn1. The van der Waals surface area contributed by atoms with Crippen LogP contribution >= 0.6 is 11.6 Å². The van der Waals surface area contributed by atoms with Gasteiger partial charge >= 0.3 is 0 Å². The Morgan fingerprint density at radius 2 is 2.05 bits per heavy atom. The Bertz CT molecular complexity index is 508. The van der Waals surface area contributed by atoms with Crippen molar-refractivity contribution in [3.05, 3.63) is 28.5 Å². The average Bonchev–Trinajstić information content (AvgIpc) is 3.23. The van der Waals surface area contributed by atoms with Gasteiger partial charge in [-0.2, -0.15) is 0 Å². The van der Waals surface area contributed by atoms with Gasteiger partial charge in [-0.1, -0.05) is 11.6 Å². The van der Waals surface area contributed by atoms with Crippen molar-refractivity contribution in [1.29, 1.82) is 0 Å². The predicted octanol–water partition coefficient (Wildman–Crippen LogP) is 2.40. The van der Waals surface area contributed by atoms with Gasteiger partial charge in [-0.15, -0.1) is 0 Å². The molecule has 108 valence electrons. The van der Waals surface area contributed by atoms with Crippen molar-refractivity contribution in [3.63, 3.8) is 0 Å². The van der Waals surface area contributed by atoms with E-state index in [-0.39, 0.29) is 11.9 Å². The number of piperidine rings is 1. The van der Waals surface area contributed by atoms with Gasteiger partial charge in [0.1, 0.15) is 0 Å². The Balaban J connectivity index is 1.56. The Labute approximate surface area is 124 Å². The predicted molar refractivity (Wildman–Crippen MR) is 79.1 cm³/mol. The lowest BCUT2D eigenvalue weighted by molar-refractivity contribution is 0.0909. The molecule has 3 rings (SSSR count). The zero-order chi connectivity index (χ0) is 14.1. The number of aryl methyl sites for hydroxylation is 1. The van der Waals surface area contributed by atoms with E-state index in [1.165, 1.54) is 12.8 Å². The van der Waals surface area contributed by atoms with Crippen molar-refractivity contribution in [2.75, 3.05) is 13.1 Å². The summed E-state index contributed by atoms with van der Waals surface area (Å²) in [7, 11) is 0. The molecule has 1 aliphatic heterocycles. The second-order valence-electron chi connectivity index (χ2n) is 5.82. The highest BCUT2D eigenvalue weighted by Gasteiger charge is 2.32. The molecule has 1 saturated carbocycles. The smallest absolute Gasteiger partial charge is 0.254 e. The molecule has 1 aromatic heterocycles. The molecule has 1 aromatic rings. The third kappa shape index (κ3) is 3.13. The third-order valence-electron chi connectivity index (χ3n) is 4.16. The first kappa shape index (κ1) is 13.8. The molecule has 0 unspecified atom stereocenters. The number of likely N-dealkylation sites (tertiary alicyclic amines) is 1. The molecule has 1 saturated heterocycles. The van der Waals surface area contributed by atoms with E-state index in [0.29, 0.717) is 10.6 Å². The number of halogens is 1. The number of carbonyl (C=O) groups is 1. The summed E-state index contributed by atoms with van der Waals surface area (Å²) in [6.07, 6.45) is 6.31. The first-order valence-electron chi connectivity index (χ1n) is 7.30. The van der Waals surface area contributed by atoms with Gasteiger partial charge in [-0.25, -0.2) is 0 Å². The number of amides is 1. The molecule has 2 fully saturated rings. The zero-order valence-electron chi connectivity index (χ0n) is 11.7. The highest BCUT2D eigenvalue weighted by molar-refractivity contribution is 6.33. The molecule has 0 atom stereocenters. The lowest BCUT2D eigenvalue weighted by Crippen LogP contribution is -2.45. The van der Waals surface area contributed by atoms with E-state index >= 15 is 0 Å². The van der Waals surface area contributed by atoms with Gasteiger partial charge in [0, 0.05) is 37.1 Å². The van der Waals surface area contributed by atoms with Crippen molar-refractivity contribution < 1.29 is 4.79 Å². The molecule has 0 spiro atoms. The lowest BCUT2D eigenvalue weighted by Gasteiger charge is -2.32. The van der Waals surface area contributed by atoms with E-state index in [4.69, 9.17) is 11.6 Å². The van der Waals surface area contributed by atoms with Gasteiger partial charge in [-0.05, 0) is 38.7 Å². The Morgan fingerprint density at radius 3 is 2.65 bits per heavy atom. The zero-order valence-corrected chi connectivity index (χ0v) is 12.5. The molecule has 4 nitrogen and oxygen atoms in total. The second-order valence-corrected chi connectivity index (χ2v) is 6.23. The Kier molecular flexibility index (Phi) is 3.94. The minimum atomic E-state index is -0.104. The van der Waals surface area contributed by atoms with E-state index in [9.17, 15) is 4.79 Å². The van der Waals surface area contributed by atoms with Crippen molar-refractivity contribution in [1.82, 2.24) is 15.2 Å². The summed E-state index contributed by atoms with van der Waals surface area (Å²) in [5.74, 6) is -0.104. The molecule has 5 heteroatoms. The summed E-state index contributed by atoms with van der Waals surface area (Å²) < 4.78 is 0. The molecule has 0 bridgehead atoms. The fourth-order valence-electron chi connectivity index (χ4n) is 2.81. The monoisotopic (exact) mass is 293 g/mol. The van der Waals surface area contributed by atoms with Crippen molar-refractivity contribution >= 4 is 17.5 Å². The fraction of sp³-hybridized carbons (Fsp3) is 0.600. The maximum absolute atomic E-state index is 12.2. The van der Waals surface area contributed by atoms with E-state index in [1.54, 1.807) is 12.3 Å². The lowest BCUT2D eigenvalue weighted by atomic mass is 10.0. The molecule has 0 aromatic carbocycles. The van der Waals surface area contributed by atoms with Crippen LogP contribution in [-0.2, 0) is 0 Å². The molecule has 2 aliphatic rings. The number of carbonyl (C=O) groups excluding carboxylic acids is 1. The highest BCUT2D eigenvalue weighted by atomic mass is 35.5. The largest absolute Gasteiger partial charge is 0.349 e. The van der Waals surface area contributed by atoms with Crippen LogP contribution in [0.2, 0.25) is 5.02 Å². The first-order chi connectivity index (χ1) is 9.63. The molecular weight excluding hydrogens is 274 g/mol. The standard InChI is InChI=1S/C15H20ClN3O/c1-10-8-14(16)13(9-17-10)15(20)18-11-4-6-19(7-5-11)12-2-3-12/h8-9,11-12H,2-7H2,1H3,(H,18,20). The molecule has 20 heavy (non-hydrogen) atoms. The van der Waals surface area contributed by atoms with E-state index < -0.39 is 0 Å². The van der Waals surface area contributed by atoms with Crippen LogP contribution in [0.25, 0.3) is 0 Å². The number of pyridine rings is 1. The van der Waals surface area contributed by atoms with Crippen molar-refractivity contribution in [3.8, 4) is 0 Å². The summed E-state index contributed by atoms with van der Waals surface area (Å²) in [5.41, 5.74) is 1.30. The average molecular weight is 294 g/mol. The van der Waals surface area contributed by atoms with Gasteiger partial charge in [0.25, 0.3) is 5.91 Å². The van der Waals surface area contributed by atoms with Crippen LogP contribution in [0, 0.1) is 6.92 Å². The molecule has 1 aliphatic carbocycles. The maximum atomic E-state index is 12.2. The highest BCUT2D eigenvalue weighted by Crippen LogP contribution is 2.29. The summed E-state index contributed by atoms with van der Waals surface area (Å²) in [6, 6.07) is 2.81. The van der Waals surface area contributed by atoms with Gasteiger partial charge in [0.15, 0.2) is 0 Å². The Morgan fingerprint density at radius 1 is 1.35 bits per heavy atom. The number of rotatable bonds is 3. The Hall–Kier alpha value is -1.13. The van der Waals surface area contributed by atoms with Gasteiger partial charge in [-0.3, -0.25) is 9.78 Å². The van der Waals surface area contributed by atoms with Gasteiger partial charge in [0.05, 0.1) is 10.6 Å². The number of nitrogens with zero attached hydrogens (tertiary/aromatic N) is 2. The topological polar surface area (TPSA) is 45.2 Å². The first-order valence-corrected chi connectivity index (χ1v) is 7.68. The summed E-state index contributed by atoms with van der Waals surface area (Å²) in [6.45, 7) is 4.05. The molecule has 1 N–H and O–H groups in total. The van der Waals surface area contributed by atoms with Crippen LogP contribution in [0.4, 0.5) is 0 Å². The van der Waals surface area contributed by atoms with Crippen LogP contribution < -0.4 is 5.32 Å². The van der Waals surface area contributed by atoms with Crippen LogP contribution in [0.5, 0.6) is 0 Å². The van der Waals surface area contributed by atoms with Crippen LogP contribution in [0.1, 0.15) is 41.7 Å². The van der Waals surface area contributed by atoms with Crippen LogP contribution in [-0.4, -0.2) is 41.0 Å². The minimum Gasteiger partial charge on any atom is -0.349 e. The minimum absolute atomic E-state index is 0.104. The number of aromatic nitrogens is 1. The molecule has 1 amide bonds.